The van der Waals surface area contributed by atoms with Crippen LogP contribution in [-0.4, -0.2) is 24.4 Å². The molecular formula is C14H26O2. The molecule has 0 aromatic carbocycles. The summed E-state index contributed by atoms with van der Waals surface area (Å²) >= 11 is 0. The summed E-state index contributed by atoms with van der Waals surface area (Å²) in [5.74, 6) is 6.16. The Labute approximate surface area is 100 Å². The van der Waals surface area contributed by atoms with Crippen molar-refractivity contribution in [3.63, 3.8) is 0 Å². The standard InChI is InChI=1S/C14H26O2/c1-3-4-5-6-7-8-9-10-11-14(2)16-13-12-15/h14-15H,3-9,12-13H2,1-2H3. The number of hydrogen-bond donors (Lipinski definition) is 1. The van der Waals surface area contributed by atoms with Crippen LogP contribution in [0.3, 0.4) is 0 Å². The minimum atomic E-state index is -0.0489. The van der Waals surface area contributed by atoms with Crippen molar-refractivity contribution in [3.8, 4) is 11.8 Å². The average Bonchev–Trinajstić information content (AvgIpc) is 2.30. The molecule has 1 atom stereocenters. The Morgan fingerprint density at radius 3 is 2.50 bits per heavy atom. The Bertz CT molecular complexity index is 191. The summed E-state index contributed by atoms with van der Waals surface area (Å²) in [6.45, 7) is 4.61. The molecule has 0 aromatic rings. The molecule has 0 saturated carbocycles. The normalized spacial score (nSPS) is 11.9. The molecule has 16 heavy (non-hydrogen) atoms. The quantitative estimate of drug-likeness (QED) is 0.483. The first-order chi connectivity index (χ1) is 7.81. The Balaban J connectivity index is 3.26. The van der Waals surface area contributed by atoms with Gasteiger partial charge in [-0.15, -0.1) is 5.92 Å². The van der Waals surface area contributed by atoms with Crippen LogP contribution in [0.15, 0.2) is 0 Å². The van der Waals surface area contributed by atoms with Gasteiger partial charge in [0.2, 0.25) is 0 Å². The third-order valence-corrected chi connectivity index (χ3v) is 2.42. The summed E-state index contributed by atoms with van der Waals surface area (Å²) in [6.07, 6.45) is 8.78. The van der Waals surface area contributed by atoms with Gasteiger partial charge in [0.1, 0.15) is 6.10 Å². The molecule has 0 spiro atoms. The second kappa shape index (κ2) is 12.5. The van der Waals surface area contributed by atoms with Gasteiger partial charge in [0.05, 0.1) is 13.2 Å². The van der Waals surface area contributed by atoms with Gasteiger partial charge < -0.3 is 9.84 Å². The maximum atomic E-state index is 8.55. The third-order valence-electron chi connectivity index (χ3n) is 2.42. The van der Waals surface area contributed by atoms with Gasteiger partial charge in [0.25, 0.3) is 0 Å². The monoisotopic (exact) mass is 226 g/mol. The van der Waals surface area contributed by atoms with E-state index in [4.69, 9.17) is 9.84 Å². The summed E-state index contributed by atoms with van der Waals surface area (Å²) in [7, 11) is 0. The lowest BCUT2D eigenvalue weighted by molar-refractivity contribution is 0.0687. The first-order valence-electron chi connectivity index (χ1n) is 6.52. The predicted molar refractivity (Wildman–Crippen MR) is 68.3 cm³/mol. The first-order valence-corrected chi connectivity index (χ1v) is 6.52. The fourth-order valence-corrected chi connectivity index (χ4v) is 1.48. The van der Waals surface area contributed by atoms with Crippen molar-refractivity contribution < 1.29 is 9.84 Å². The van der Waals surface area contributed by atoms with E-state index in [0.29, 0.717) is 6.61 Å². The van der Waals surface area contributed by atoms with E-state index in [0.717, 1.165) is 6.42 Å². The van der Waals surface area contributed by atoms with Crippen LogP contribution in [0.5, 0.6) is 0 Å². The molecule has 0 aromatic heterocycles. The Morgan fingerprint density at radius 2 is 1.81 bits per heavy atom. The zero-order chi connectivity index (χ0) is 12.1. The molecule has 0 aliphatic carbocycles. The molecule has 2 heteroatoms. The SMILES string of the molecule is CCCCCCCCC#CC(C)OCCO. The predicted octanol–water partition coefficient (Wildman–Crippen LogP) is 3.14. The summed E-state index contributed by atoms with van der Waals surface area (Å²) in [6, 6.07) is 0. The van der Waals surface area contributed by atoms with E-state index in [1.807, 2.05) is 6.92 Å². The number of unbranched alkanes of at least 4 members (excludes halogenated alkanes) is 6. The van der Waals surface area contributed by atoms with Gasteiger partial charge in [-0.05, 0) is 13.3 Å². The Hall–Kier alpha value is -0.520. The lowest BCUT2D eigenvalue weighted by Crippen LogP contribution is -2.08. The van der Waals surface area contributed by atoms with Crippen molar-refractivity contribution in [2.24, 2.45) is 0 Å². The number of hydrogen-bond acceptors (Lipinski definition) is 2. The molecule has 94 valence electrons. The molecule has 0 radical (unpaired) electrons. The van der Waals surface area contributed by atoms with Gasteiger partial charge in [0, 0.05) is 6.42 Å². The van der Waals surface area contributed by atoms with Crippen LogP contribution in [0.2, 0.25) is 0 Å². The van der Waals surface area contributed by atoms with Crippen molar-refractivity contribution in [3.05, 3.63) is 0 Å². The summed E-state index contributed by atoms with van der Waals surface area (Å²) in [4.78, 5) is 0. The van der Waals surface area contributed by atoms with Gasteiger partial charge in [-0.3, -0.25) is 0 Å². The van der Waals surface area contributed by atoms with Gasteiger partial charge in [-0.25, -0.2) is 0 Å². The molecule has 0 rings (SSSR count). The fourth-order valence-electron chi connectivity index (χ4n) is 1.48. The molecule has 0 heterocycles. The molecule has 0 bridgehead atoms. The number of aliphatic hydroxyl groups is 1. The lowest BCUT2D eigenvalue weighted by Gasteiger charge is -2.03. The van der Waals surface area contributed by atoms with Crippen molar-refractivity contribution in [1.29, 1.82) is 0 Å². The highest BCUT2D eigenvalue weighted by Gasteiger charge is 1.94. The summed E-state index contributed by atoms with van der Waals surface area (Å²) in [5.41, 5.74) is 0. The number of rotatable bonds is 9. The van der Waals surface area contributed by atoms with Crippen molar-refractivity contribution in [1.82, 2.24) is 0 Å². The zero-order valence-electron chi connectivity index (χ0n) is 10.8. The van der Waals surface area contributed by atoms with E-state index in [-0.39, 0.29) is 12.7 Å². The van der Waals surface area contributed by atoms with E-state index < -0.39 is 0 Å². The van der Waals surface area contributed by atoms with E-state index in [1.165, 1.54) is 38.5 Å². The fraction of sp³-hybridized carbons (Fsp3) is 0.857. The highest BCUT2D eigenvalue weighted by molar-refractivity contribution is 5.03. The molecule has 0 saturated heterocycles. The average molecular weight is 226 g/mol. The largest absolute Gasteiger partial charge is 0.394 e. The van der Waals surface area contributed by atoms with E-state index in [1.54, 1.807) is 0 Å². The molecule has 2 nitrogen and oxygen atoms in total. The van der Waals surface area contributed by atoms with Crippen molar-refractivity contribution in [2.75, 3.05) is 13.2 Å². The minimum Gasteiger partial charge on any atom is -0.394 e. The Morgan fingerprint density at radius 1 is 1.12 bits per heavy atom. The molecule has 1 unspecified atom stereocenters. The highest BCUT2D eigenvalue weighted by Crippen LogP contribution is 2.06. The maximum Gasteiger partial charge on any atom is 0.115 e. The second-order valence-electron chi connectivity index (χ2n) is 4.08. The highest BCUT2D eigenvalue weighted by atomic mass is 16.5. The second-order valence-corrected chi connectivity index (χ2v) is 4.08. The van der Waals surface area contributed by atoms with E-state index >= 15 is 0 Å². The third kappa shape index (κ3) is 11.6. The smallest absolute Gasteiger partial charge is 0.115 e. The maximum absolute atomic E-state index is 8.55. The van der Waals surface area contributed by atoms with Gasteiger partial charge in [0.15, 0.2) is 0 Å². The number of ether oxygens (including phenoxy) is 1. The molecule has 0 aliphatic rings. The molecule has 1 N–H and O–H groups in total. The number of aliphatic hydroxyl groups excluding tert-OH is 1. The van der Waals surface area contributed by atoms with Gasteiger partial charge in [-0.2, -0.15) is 0 Å². The van der Waals surface area contributed by atoms with Crippen LogP contribution >= 0.6 is 0 Å². The summed E-state index contributed by atoms with van der Waals surface area (Å²) in [5, 5.41) is 8.55. The van der Waals surface area contributed by atoms with Gasteiger partial charge >= 0.3 is 0 Å². The van der Waals surface area contributed by atoms with Crippen LogP contribution in [0.4, 0.5) is 0 Å². The van der Waals surface area contributed by atoms with Crippen molar-refractivity contribution in [2.45, 2.75) is 64.9 Å². The first kappa shape index (κ1) is 15.5. The van der Waals surface area contributed by atoms with Crippen LogP contribution in [0.1, 0.15) is 58.8 Å². The summed E-state index contributed by atoms with van der Waals surface area (Å²) < 4.78 is 5.23. The lowest BCUT2D eigenvalue weighted by atomic mass is 10.1. The molecule has 0 aliphatic heterocycles. The van der Waals surface area contributed by atoms with Crippen LogP contribution in [-0.2, 0) is 4.74 Å². The van der Waals surface area contributed by atoms with E-state index in [9.17, 15) is 0 Å². The van der Waals surface area contributed by atoms with E-state index in [2.05, 4.69) is 18.8 Å². The molecule has 0 amide bonds. The topological polar surface area (TPSA) is 29.5 Å². The van der Waals surface area contributed by atoms with Crippen molar-refractivity contribution >= 4 is 0 Å². The van der Waals surface area contributed by atoms with Crippen LogP contribution < -0.4 is 0 Å². The zero-order valence-corrected chi connectivity index (χ0v) is 10.8. The molecular weight excluding hydrogens is 200 g/mol. The van der Waals surface area contributed by atoms with Crippen LogP contribution in [0.25, 0.3) is 0 Å². The van der Waals surface area contributed by atoms with Gasteiger partial charge in [-0.1, -0.05) is 44.9 Å². The van der Waals surface area contributed by atoms with Crippen LogP contribution in [0, 0.1) is 11.8 Å². The Kier molecular flexibility index (Phi) is 12.1. The minimum absolute atomic E-state index is 0.0489. The molecule has 0 fully saturated rings.